The van der Waals surface area contributed by atoms with Crippen molar-refractivity contribution in [3.05, 3.63) is 64.6 Å². The lowest BCUT2D eigenvalue weighted by atomic mass is 9.93. The van der Waals surface area contributed by atoms with Gasteiger partial charge in [0.05, 0.1) is 28.6 Å². The minimum atomic E-state index is -2.42. The van der Waals surface area contributed by atoms with E-state index in [1.807, 2.05) is 0 Å². The van der Waals surface area contributed by atoms with E-state index in [4.69, 9.17) is 4.42 Å². The van der Waals surface area contributed by atoms with Crippen LogP contribution in [0, 0.1) is 10.1 Å². The first-order valence-corrected chi connectivity index (χ1v) is 7.03. The van der Waals surface area contributed by atoms with Crippen LogP contribution in [-0.2, 0) is 10.4 Å². The molecule has 0 amide bonds. The SMILES string of the molecule is CC(O)(C(=O)O)c1c2ccocc-2c(-c2ccccc2)c1[N+](=O)[O-]. The Hall–Kier alpha value is -3.19. The highest BCUT2D eigenvalue weighted by molar-refractivity contribution is 6.00. The van der Waals surface area contributed by atoms with Gasteiger partial charge in [0.25, 0.3) is 5.69 Å². The van der Waals surface area contributed by atoms with Crippen LogP contribution in [0.15, 0.2) is 53.3 Å². The average Bonchev–Trinajstić information content (AvgIpc) is 2.91. The van der Waals surface area contributed by atoms with Gasteiger partial charge in [-0.05, 0) is 18.6 Å². The zero-order valence-electron chi connectivity index (χ0n) is 12.6. The van der Waals surface area contributed by atoms with Crippen molar-refractivity contribution in [2.45, 2.75) is 12.5 Å². The van der Waals surface area contributed by atoms with Gasteiger partial charge in [0.15, 0.2) is 5.60 Å². The molecule has 0 spiro atoms. The van der Waals surface area contributed by atoms with Crippen molar-refractivity contribution in [1.29, 1.82) is 0 Å². The van der Waals surface area contributed by atoms with E-state index in [0.717, 1.165) is 6.92 Å². The maximum Gasteiger partial charge on any atom is 0.340 e. The summed E-state index contributed by atoms with van der Waals surface area (Å²) in [4.78, 5) is 22.5. The lowest BCUT2D eigenvalue weighted by molar-refractivity contribution is -0.385. The highest BCUT2D eigenvalue weighted by Crippen LogP contribution is 2.51. The first-order chi connectivity index (χ1) is 11.4. The first kappa shape index (κ1) is 15.7. The van der Waals surface area contributed by atoms with E-state index >= 15 is 0 Å². The Labute approximate surface area is 136 Å². The molecule has 0 aromatic heterocycles. The van der Waals surface area contributed by atoms with Crippen LogP contribution in [0.1, 0.15) is 12.5 Å². The highest BCUT2D eigenvalue weighted by atomic mass is 16.6. The summed E-state index contributed by atoms with van der Waals surface area (Å²) in [6, 6.07) is 9.96. The second-order valence-electron chi connectivity index (χ2n) is 5.48. The van der Waals surface area contributed by atoms with Crippen molar-refractivity contribution < 1.29 is 24.3 Å². The van der Waals surface area contributed by atoms with Gasteiger partial charge in [-0.1, -0.05) is 30.3 Å². The summed E-state index contributed by atoms with van der Waals surface area (Å²) in [5.41, 5.74) is -1.74. The smallest absolute Gasteiger partial charge is 0.340 e. The number of carbonyl (C=O) groups is 1. The number of fused-ring (bicyclic) bond motifs is 1. The Bertz CT molecular complexity index is 897. The predicted molar refractivity (Wildman–Crippen MR) is 84.6 cm³/mol. The van der Waals surface area contributed by atoms with Gasteiger partial charge in [-0.15, -0.1) is 0 Å². The molecule has 2 aliphatic rings. The Kier molecular flexibility index (Phi) is 3.57. The van der Waals surface area contributed by atoms with Crippen molar-refractivity contribution in [3.63, 3.8) is 0 Å². The molecule has 0 saturated carbocycles. The third-order valence-corrected chi connectivity index (χ3v) is 3.95. The van der Waals surface area contributed by atoms with Gasteiger partial charge < -0.3 is 14.6 Å². The standard InChI is InChI=1S/C17H13NO6/c1-17(21,16(19)20)14-11-7-8-24-9-12(11)13(15(14)18(22)23)10-5-3-2-4-6-10/h2-9,21H,1H3,(H,19,20). The van der Waals surface area contributed by atoms with E-state index in [2.05, 4.69) is 0 Å². The van der Waals surface area contributed by atoms with E-state index in [1.54, 1.807) is 30.3 Å². The van der Waals surface area contributed by atoms with E-state index in [1.165, 1.54) is 18.6 Å². The fraction of sp³-hybridized carbons (Fsp3) is 0.118. The number of hydrogen-bond donors (Lipinski definition) is 2. The second-order valence-corrected chi connectivity index (χ2v) is 5.48. The maximum absolute atomic E-state index is 11.7. The summed E-state index contributed by atoms with van der Waals surface area (Å²) in [7, 11) is 0. The monoisotopic (exact) mass is 327 g/mol. The van der Waals surface area contributed by atoms with Crippen LogP contribution in [0.4, 0.5) is 5.69 Å². The third kappa shape index (κ3) is 2.22. The van der Waals surface area contributed by atoms with Gasteiger partial charge in [0.2, 0.25) is 0 Å². The molecule has 7 nitrogen and oxygen atoms in total. The lowest BCUT2D eigenvalue weighted by Gasteiger charge is -2.18. The number of benzene rings is 1. The summed E-state index contributed by atoms with van der Waals surface area (Å²) < 4.78 is 5.12. The number of rotatable bonds is 4. The molecule has 1 atom stereocenters. The Morgan fingerprint density at radius 1 is 1.21 bits per heavy atom. The van der Waals surface area contributed by atoms with E-state index in [-0.39, 0.29) is 16.7 Å². The first-order valence-electron chi connectivity index (χ1n) is 7.03. The minimum Gasteiger partial charge on any atom is -0.479 e. The third-order valence-electron chi connectivity index (χ3n) is 3.95. The van der Waals surface area contributed by atoms with Crippen LogP contribution in [0.5, 0.6) is 0 Å². The van der Waals surface area contributed by atoms with Gasteiger partial charge in [0.1, 0.15) is 0 Å². The number of aliphatic carboxylic acids is 1. The summed E-state index contributed by atoms with van der Waals surface area (Å²) in [6.45, 7) is 1.02. The molecule has 1 aromatic rings. The van der Waals surface area contributed by atoms with Crippen molar-refractivity contribution in [2.75, 3.05) is 0 Å². The molecule has 0 bridgehead atoms. The van der Waals surface area contributed by atoms with Gasteiger partial charge in [0, 0.05) is 11.1 Å². The summed E-state index contributed by atoms with van der Waals surface area (Å²) >= 11 is 0. The molecular weight excluding hydrogens is 314 g/mol. The molecule has 2 N–H and O–H groups in total. The Morgan fingerprint density at radius 3 is 2.46 bits per heavy atom. The van der Waals surface area contributed by atoms with Crippen LogP contribution < -0.4 is 0 Å². The van der Waals surface area contributed by atoms with Crippen LogP contribution in [0.2, 0.25) is 0 Å². The fourth-order valence-corrected chi connectivity index (χ4v) is 2.84. The number of carboxylic acid groups (broad SMARTS) is 1. The zero-order valence-corrected chi connectivity index (χ0v) is 12.6. The molecular formula is C17H13NO6. The number of nitrogens with zero attached hydrogens (tertiary/aromatic N) is 1. The number of carboxylic acids is 1. The van der Waals surface area contributed by atoms with Crippen molar-refractivity contribution in [3.8, 4) is 22.3 Å². The largest absolute Gasteiger partial charge is 0.479 e. The van der Waals surface area contributed by atoms with E-state index < -0.39 is 22.2 Å². The van der Waals surface area contributed by atoms with Crippen LogP contribution in [-0.4, -0.2) is 21.1 Å². The van der Waals surface area contributed by atoms with Crippen LogP contribution >= 0.6 is 0 Å². The number of nitro groups is 1. The molecule has 0 fully saturated rings. The van der Waals surface area contributed by atoms with Gasteiger partial charge in [-0.3, -0.25) is 10.1 Å². The second kappa shape index (κ2) is 5.47. The minimum absolute atomic E-state index is 0.219. The predicted octanol–water partition coefficient (Wildman–Crippen LogP) is 3.25. The van der Waals surface area contributed by atoms with Crippen molar-refractivity contribution in [2.24, 2.45) is 0 Å². The topological polar surface area (TPSA) is 114 Å². The van der Waals surface area contributed by atoms with Gasteiger partial charge >= 0.3 is 5.97 Å². The molecule has 1 unspecified atom stereocenters. The summed E-state index contributed by atoms with van der Waals surface area (Å²) in [5.74, 6) is -1.57. The Morgan fingerprint density at radius 2 is 1.88 bits per heavy atom. The molecule has 3 rings (SSSR count). The number of hydrogen-bond acceptors (Lipinski definition) is 5. The normalized spacial score (nSPS) is 13.6. The van der Waals surface area contributed by atoms with Crippen molar-refractivity contribution in [1.82, 2.24) is 0 Å². The molecule has 24 heavy (non-hydrogen) atoms. The highest BCUT2D eigenvalue weighted by Gasteiger charge is 2.45. The zero-order chi connectivity index (χ0) is 17.5. The van der Waals surface area contributed by atoms with Gasteiger partial charge in [-0.2, -0.15) is 0 Å². The average molecular weight is 327 g/mol. The molecule has 1 aromatic carbocycles. The maximum atomic E-state index is 11.7. The summed E-state index contributed by atoms with van der Waals surface area (Å²) in [5, 5.41) is 31.5. The van der Waals surface area contributed by atoms with Crippen molar-refractivity contribution >= 4 is 11.7 Å². The molecule has 0 saturated heterocycles. The quantitative estimate of drug-likeness (QED) is 0.561. The molecule has 1 aliphatic carbocycles. The fourth-order valence-electron chi connectivity index (χ4n) is 2.84. The molecule has 7 heteroatoms. The number of aliphatic hydroxyl groups is 1. The molecule has 0 radical (unpaired) electrons. The Balaban J connectivity index is 2.48. The van der Waals surface area contributed by atoms with E-state index in [9.17, 15) is 25.1 Å². The molecule has 1 aliphatic heterocycles. The molecule has 122 valence electrons. The summed E-state index contributed by atoms with van der Waals surface area (Å²) in [6.07, 6.45) is 2.59. The molecule has 1 heterocycles. The van der Waals surface area contributed by atoms with Crippen LogP contribution in [0.25, 0.3) is 22.3 Å². The van der Waals surface area contributed by atoms with Crippen LogP contribution in [0.3, 0.4) is 0 Å². The van der Waals surface area contributed by atoms with E-state index in [0.29, 0.717) is 11.1 Å². The lowest BCUT2D eigenvalue weighted by Crippen LogP contribution is -2.32. The van der Waals surface area contributed by atoms with Gasteiger partial charge in [-0.25, -0.2) is 4.79 Å².